The first-order chi connectivity index (χ1) is 13.1. The highest BCUT2D eigenvalue weighted by molar-refractivity contribution is 5.74. The number of phenols is 1. The van der Waals surface area contributed by atoms with Crippen LogP contribution < -0.4 is 10.1 Å². The number of aromatic hydroxyl groups is 1. The van der Waals surface area contributed by atoms with E-state index in [4.69, 9.17) is 4.74 Å². The number of aliphatic hydroxyl groups excluding tert-OH is 1. The normalized spacial score (nSPS) is 16.0. The number of piperidine rings is 1. The fourth-order valence-electron chi connectivity index (χ4n) is 3.46. The Labute approximate surface area is 159 Å². The fraction of sp³-hybridized carbons (Fsp3) is 0.381. The average Bonchev–Trinajstić information content (AvgIpc) is 2.73. The summed E-state index contributed by atoms with van der Waals surface area (Å²) in [6, 6.07) is 14.6. The second kappa shape index (κ2) is 8.77. The standard InChI is InChI=1S/C21H26N2O4/c1-27-19-13-15(7-8-18(19)24)14-22-21(26)23-11-9-17(10-12-23)20(25)16-5-3-2-4-6-16/h2-8,13,17,20,24-25H,9-12,14H2,1H3,(H,22,26)/t20-/m0/s1. The zero-order chi connectivity index (χ0) is 19.2. The molecule has 0 radical (unpaired) electrons. The van der Waals surface area contributed by atoms with Gasteiger partial charge in [-0.3, -0.25) is 0 Å². The second-order valence-corrected chi connectivity index (χ2v) is 6.84. The minimum atomic E-state index is -0.485. The lowest BCUT2D eigenvalue weighted by atomic mass is 9.87. The van der Waals surface area contributed by atoms with Crippen molar-refractivity contribution in [2.45, 2.75) is 25.5 Å². The molecular weight excluding hydrogens is 344 g/mol. The third kappa shape index (κ3) is 4.71. The molecule has 3 N–H and O–H groups in total. The van der Waals surface area contributed by atoms with Gasteiger partial charge in [0.15, 0.2) is 11.5 Å². The van der Waals surface area contributed by atoms with Crippen LogP contribution in [0.4, 0.5) is 4.79 Å². The van der Waals surface area contributed by atoms with Crippen molar-refractivity contribution in [3.63, 3.8) is 0 Å². The van der Waals surface area contributed by atoms with Crippen LogP contribution in [0.1, 0.15) is 30.1 Å². The Morgan fingerprint density at radius 2 is 1.93 bits per heavy atom. The number of methoxy groups -OCH3 is 1. The van der Waals surface area contributed by atoms with Crippen molar-refractivity contribution in [3.05, 3.63) is 59.7 Å². The Balaban J connectivity index is 1.48. The van der Waals surface area contributed by atoms with Crippen molar-refractivity contribution >= 4 is 6.03 Å². The molecule has 0 aliphatic carbocycles. The van der Waals surface area contributed by atoms with Crippen molar-refractivity contribution < 1.29 is 19.7 Å². The summed E-state index contributed by atoms with van der Waals surface area (Å²) in [4.78, 5) is 14.2. The van der Waals surface area contributed by atoms with Crippen LogP contribution in [0.5, 0.6) is 11.5 Å². The van der Waals surface area contributed by atoms with Gasteiger partial charge in [-0.05, 0) is 42.0 Å². The van der Waals surface area contributed by atoms with Gasteiger partial charge in [0.1, 0.15) is 0 Å². The summed E-state index contributed by atoms with van der Waals surface area (Å²) in [5.74, 6) is 0.627. The van der Waals surface area contributed by atoms with E-state index in [1.807, 2.05) is 30.3 Å². The van der Waals surface area contributed by atoms with Crippen molar-refractivity contribution in [3.8, 4) is 11.5 Å². The maximum absolute atomic E-state index is 12.4. The van der Waals surface area contributed by atoms with E-state index >= 15 is 0 Å². The molecule has 144 valence electrons. The Hall–Kier alpha value is -2.73. The van der Waals surface area contributed by atoms with Crippen LogP contribution in [0.15, 0.2) is 48.5 Å². The highest BCUT2D eigenvalue weighted by atomic mass is 16.5. The third-order valence-electron chi connectivity index (χ3n) is 5.10. The SMILES string of the molecule is COc1cc(CNC(=O)N2CCC([C@@H](O)c3ccccc3)CC2)ccc1O. The van der Waals surface area contributed by atoms with Crippen molar-refractivity contribution in [1.82, 2.24) is 10.2 Å². The number of amides is 2. The first kappa shape index (κ1) is 19.0. The summed E-state index contributed by atoms with van der Waals surface area (Å²) in [6.45, 7) is 1.61. The molecule has 1 aliphatic rings. The van der Waals surface area contributed by atoms with Crippen molar-refractivity contribution in [2.24, 2.45) is 5.92 Å². The van der Waals surface area contributed by atoms with Gasteiger partial charge in [-0.2, -0.15) is 0 Å². The van der Waals surface area contributed by atoms with E-state index in [9.17, 15) is 15.0 Å². The van der Waals surface area contributed by atoms with Crippen LogP contribution in [0.25, 0.3) is 0 Å². The minimum Gasteiger partial charge on any atom is -0.504 e. The monoisotopic (exact) mass is 370 g/mol. The Kier molecular flexibility index (Phi) is 6.19. The molecule has 2 aromatic rings. The van der Waals surface area contributed by atoms with E-state index in [0.29, 0.717) is 25.4 Å². The number of rotatable bonds is 5. The smallest absolute Gasteiger partial charge is 0.317 e. The Bertz CT molecular complexity index is 758. The zero-order valence-corrected chi connectivity index (χ0v) is 15.5. The highest BCUT2D eigenvalue weighted by Crippen LogP contribution is 2.30. The molecule has 27 heavy (non-hydrogen) atoms. The lowest BCUT2D eigenvalue weighted by molar-refractivity contribution is 0.0665. The van der Waals surface area contributed by atoms with E-state index in [2.05, 4.69) is 5.32 Å². The van der Waals surface area contributed by atoms with Gasteiger partial charge in [-0.25, -0.2) is 4.79 Å². The first-order valence-electron chi connectivity index (χ1n) is 9.20. The number of phenolic OH excluding ortho intramolecular Hbond substituents is 1. The molecule has 1 atom stereocenters. The Morgan fingerprint density at radius 1 is 1.22 bits per heavy atom. The predicted octanol–water partition coefficient (Wildman–Crippen LogP) is 3.06. The van der Waals surface area contributed by atoms with Crippen LogP contribution in [0.2, 0.25) is 0 Å². The van der Waals surface area contributed by atoms with Crippen LogP contribution in [0.3, 0.4) is 0 Å². The highest BCUT2D eigenvalue weighted by Gasteiger charge is 2.28. The topological polar surface area (TPSA) is 82.0 Å². The number of aliphatic hydroxyl groups is 1. The van der Waals surface area contributed by atoms with Gasteiger partial charge in [0.25, 0.3) is 0 Å². The molecule has 1 aliphatic heterocycles. The molecule has 3 rings (SSSR count). The van der Waals surface area contributed by atoms with Gasteiger partial charge in [-0.1, -0.05) is 36.4 Å². The summed E-state index contributed by atoms with van der Waals surface area (Å²) in [5.41, 5.74) is 1.79. The minimum absolute atomic E-state index is 0.0756. The van der Waals surface area contributed by atoms with E-state index in [-0.39, 0.29) is 17.7 Å². The van der Waals surface area contributed by atoms with Gasteiger partial charge in [-0.15, -0.1) is 0 Å². The number of hydrogen-bond acceptors (Lipinski definition) is 4. The molecule has 6 nitrogen and oxygen atoms in total. The van der Waals surface area contributed by atoms with Gasteiger partial charge < -0.3 is 25.2 Å². The van der Waals surface area contributed by atoms with Crippen LogP contribution >= 0.6 is 0 Å². The molecule has 1 fully saturated rings. The van der Waals surface area contributed by atoms with E-state index < -0.39 is 6.10 Å². The molecule has 2 aromatic carbocycles. The van der Waals surface area contributed by atoms with Crippen LogP contribution in [-0.2, 0) is 6.54 Å². The number of likely N-dealkylation sites (tertiary alicyclic amines) is 1. The predicted molar refractivity (Wildman–Crippen MR) is 103 cm³/mol. The summed E-state index contributed by atoms with van der Waals surface area (Å²) < 4.78 is 5.08. The lowest BCUT2D eigenvalue weighted by Gasteiger charge is -2.34. The maximum atomic E-state index is 12.4. The fourth-order valence-corrected chi connectivity index (χ4v) is 3.46. The summed E-state index contributed by atoms with van der Waals surface area (Å²) in [6.07, 6.45) is 1.06. The number of benzene rings is 2. The van der Waals surface area contributed by atoms with Crippen molar-refractivity contribution in [1.29, 1.82) is 0 Å². The van der Waals surface area contributed by atoms with E-state index in [0.717, 1.165) is 24.0 Å². The molecule has 0 spiro atoms. The molecule has 0 unspecified atom stereocenters. The maximum Gasteiger partial charge on any atom is 0.317 e. The number of nitrogens with one attached hydrogen (secondary N) is 1. The summed E-state index contributed by atoms with van der Waals surface area (Å²) in [5, 5.41) is 23.1. The number of carbonyl (C=O) groups excluding carboxylic acids is 1. The van der Waals surface area contributed by atoms with E-state index in [1.54, 1.807) is 23.1 Å². The van der Waals surface area contributed by atoms with Crippen LogP contribution in [0, 0.1) is 5.92 Å². The number of ether oxygens (including phenoxy) is 1. The molecule has 0 saturated carbocycles. The number of hydrogen-bond donors (Lipinski definition) is 3. The number of carbonyl (C=O) groups is 1. The van der Waals surface area contributed by atoms with Gasteiger partial charge in [0.05, 0.1) is 13.2 Å². The molecule has 1 heterocycles. The first-order valence-corrected chi connectivity index (χ1v) is 9.20. The second-order valence-electron chi connectivity index (χ2n) is 6.84. The summed E-state index contributed by atoms with van der Waals surface area (Å²) >= 11 is 0. The molecule has 0 bridgehead atoms. The Morgan fingerprint density at radius 3 is 2.59 bits per heavy atom. The lowest BCUT2D eigenvalue weighted by Crippen LogP contribution is -2.44. The van der Waals surface area contributed by atoms with Gasteiger partial charge >= 0.3 is 6.03 Å². The summed E-state index contributed by atoms with van der Waals surface area (Å²) in [7, 11) is 1.49. The van der Waals surface area contributed by atoms with Crippen LogP contribution in [-0.4, -0.2) is 41.3 Å². The quantitative estimate of drug-likeness (QED) is 0.755. The van der Waals surface area contributed by atoms with Gasteiger partial charge in [0.2, 0.25) is 0 Å². The average molecular weight is 370 g/mol. The number of urea groups is 1. The molecule has 2 amide bonds. The zero-order valence-electron chi connectivity index (χ0n) is 15.5. The molecule has 1 saturated heterocycles. The largest absolute Gasteiger partial charge is 0.504 e. The third-order valence-corrected chi connectivity index (χ3v) is 5.10. The molecule has 6 heteroatoms. The van der Waals surface area contributed by atoms with E-state index in [1.165, 1.54) is 7.11 Å². The molecular formula is C21H26N2O4. The van der Waals surface area contributed by atoms with Gasteiger partial charge in [0, 0.05) is 19.6 Å². The van der Waals surface area contributed by atoms with Crippen molar-refractivity contribution in [2.75, 3.05) is 20.2 Å². The molecule has 0 aromatic heterocycles. The number of nitrogens with zero attached hydrogens (tertiary/aromatic N) is 1.